The third-order valence-corrected chi connectivity index (χ3v) is 3.27. The maximum absolute atomic E-state index is 4.73. The highest BCUT2D eigenvalue weighted by molar-refractivity contribution is 5.38. The van der Waals surface area contributed by atoms with Crippen LogP contribution in [-0.2, 0) is 6.54 Å². The molecule has 1 heterocycles. The van der Waals surface area contributed by atoms with E-state index in [1.807, 2.05) is 19.4 Å². The Bertz CT molecular complexity index is 361. The van der Waals surface area contributed by atoms with E-state index in [1.54, 1.807) is 0 Å². The predicted octanol–water partition coefficient (Wildman–Crippen LogP) is 2.85. The van der Waals surface area contributed by atoms with Crippen molar-refractivity contribution in [3.8, 4) is 0 Å². The fourth-order valence-corrected chi connectivity index (χ4v) is 2.35. The van der Waals surface area contributed by atoms with Crippen LogP contribution in [-0.4, -0.2) is 29.6 Å². The summed E-state index contributed by atoms with van der Waals surface area (Å²) in [5, 5.41) is 3.13. The van der Waals surface area contributed by atoms with Gasteiger partial charge in [0.25, 0.3) is 0 Å². The zero-order chi connectivity index (χ0) is 14.3. The van der Waals surface area contributed by atoms with Crippen LogP contribution in [0.2, 0.25) is 0 Å². The van der Waals surface area contributed by atoms with Crippen molar-refractivity contribution in [1.29, 1.82) is 0 Å². The number of nitrogens with one attached hydrogen (secondary N) is 1. The van der Waals surface area contributed by atoms with Crippen LogP contribution >= 0.6 is 0 Å². The molecule has 1 aromatic heterocycles. The molecule has 0 radical (unpaired) electrons. The van der Waals surface area contributed by atoms with Gasteiger partial charge in [-0.05, 0) is 25.8 Å². The Kier molecular flexibility index (Phi) is 6.78. The first-order chi connectivity index (χ1) is 9.12. The van der Waals surface area contributed by atoms with Gasteiger partial charge in [-0.25, -0.2) is 4.98 Å². The summed E-state index contributed by atoms with van der Waals surface area (Å²) in [6.07, 6.45) is 6.00. The van der Waals surface area contributed by atoms with Crippen LogP contribution in [0.15, 0.2) is 12.4 Å². The summed E-state index contributed by atoms with van der Waals surface area (Å²) in [6.45, 7) is 10.8. The molecular weight excluding hydrogens is 236 g/mol. The van der Waals surface area contributed by atoms with Crippen LogP contribution in [0.1, 0.15) is 46.2 Å². The Labute approximate surface area is 117 Å². The Morgan fingerprint density at radius 1 is 1.21 bits per heavy atom. The van der Waals surface area contributed by atoms with Crippen molar-refractivity contribution in [2.45, 2.75) is 53.1 Å². The van der Waals surface area contributed by atoms with E-state index in [4.69, 9.17) is 4.98 Å². The molecule has 0 aliphatic rings. The molecule has 0 spiro atoms. The van der Waals surface area contributed by atoms with Gasteiger partial charge in [0.05, 0.1) is 11.9 Å². The Balaban J connectivity index is 2.98. The minimum atomic E-state index is 0.543. The lowest BCUT2D eigenvalue weighted by molar-refractivity contribution is 0.502. The molecule has 0 bridgehead atoms. The molecule has 1 N–H and O–H groups in total. The number of anilines is 1. The smallest absolute Gasteiger partial charge is 0.147 e. The summed E-state index contributed by atoms with van der Waals surface area (Å²) in [5.41, 5.74) is 1.000. The molecule has 4 heteroatoms. The third-order valence-electron chi connectivity index (χ3n) is 3.27. The van der Waals surface area contributed by atoms with Crippen LogP contribution in [0.3, 0.4) is 0 Å². The van der Waals surface area contributed by atoms with E-state index in [0.717, 1.165) is 37.4 Å². The summed E-state index contributed by atoms with van der Waals surface area (Å²) in [6, 6.07) is 0.543. The van der Waals surface area contributed by atoms with Crippen LogP contribution < -0.4 is 10.2 Å². The van der Waals surface area contributed by atoms with Gasteiger partial charge in [0.2, 0.25) is 0 Å². The van der Waals surface area contributed by atoms with Crippen molar-refractivity contribution in [1.82, 2.24) is 15.3 Å². The average molecular weight is 264 g/mol. The van der Waals surface area contributed by atoms with E-state index in [0.29, 0.717) is 12.0 Å². The SMILES string of the molecule is CCC(CC)N(CC(C)C)c1cncc(CNC)n1. The predicted molar refractivity (Wildman–Crippen MR) is 81.3 cm³/mol. The summed E-state index contributed by atoms with van der Waals surface area (Å²) in [7, 11) is 1.93. The fourth-order valence-electron chi connectivity index (χ4n) is 2.35. The first-order valence-electron chi connectivity index (χ1n) is 7.34. The second-order valence-electron chi connectivity index (χ2n) is 5.42. The molecule has 0 atom stereocenters. The highest BCUT2D eigenvalue weighted by Crippen LogP contribution is 2.19. The third kappa shape index (κ3) is 4.78. The Hall–Kier alpha value is -1.16. The maximum Gasteiger partial charge on any atom is 0.147 e. The number of rotatable bonds is 8. The molecule has 0 saturated heterocycles. The Morgan fingerprint density at radius 3 is 2.42 bits per heavy atom. The number of hydrogen-bond donors (Lipinski definition) is 1. The lowest BCUT2D eigenvalue weighted by Crippen LogP contribution is -2.38. The fraction of sp³-hybridized carbons (Fsp3) is 0.733. The highest BCUT2D eigenvalue weighted by atomic mass is 15.2. The first kappa shape index (κ1) is 15.9. The molecule has 0 amide bonds. The van der Waals surface area contributed by atoms with Gasteiger partial charge in [0, 0.05) is 25.3 Å². The van der Waals surface area contributed by atoms with Gasteiger partial charge in [0.15, 0.2) is 0 Å². The summed E-state index contributed by atoms with van der Waals surface area (Å²) < 4.78 is 0. The zero-order valence-corrected chi connectivity index (χ0v) is 13.0. The first-order valence-corrected chi connectivity index (χ1v) is 7.34. The van der Waals surface area contributed by atoms with Crippen molar-refractivity contribution in [2.75, 3.05) is 18.5 Å². The van der Waals surface area contributed by atoms with Gasteiger partial charge in [-0.3, -0.25) is 4.98 Å². The molecule has 4 nitrogen and oxygen atoms in total. The van der Waals surface area contributed by atoms with Gasteiger partial charge in [-0.2, -0.15) is 0 Å². The van der Waals surface area contributed by atoms with Crippen molar-refractivity contribution in [2.24, 2.45) is 5.92 Å². The van der Waals surface area contributed by atoms with E-state index in [9.17, 15) is 0 Å². The maximum atomic E-state index is 4.73. The molecule has 0 saturated carbocycles. The Morgan fingerprint density at radius 2 is 1.89 bits per heavy atom. The quantitative estimate of drug-likeness (QED) is 0.784. The molecule has 19 heavy (non-hydrogen) atoms. The average Bonchev–Trinajstić information content (AvgIpc) is 2.39. The highest BCUT2D eigenvalue weighted by Gasteiger charge is 2.18. The second kappa shape index (κ2) is 8.10. The van der Waals surface area contributed by atoms with E-state index in [2.05, 4.69) is 42.9 Å². The zero-order valence-electron chi connectivity index (χ0n) is 13.0. The molecular formula is C15H28N4. The minimum Gasteiger partial charge on any atom is -0.352 e. The minimum absolute atomic E-state index is 0.543. The van der Waals surface area contributed by atoms with Crippen molar-refractivity contribution in [3.63, 3.8) is 0 Å². The molecule has 0 unspecified atom stereocenters. The van der Waals surface area contributed by atoms with Crippen LogP contribution in [0.4, 0.5) is 5.82 Å². The second-order valence-corrected chi connectivity index (χ2v) is 5.42. The summed E-state index contributed by atoms with van der Waals surface area (Å²) in [5.74, 6) is 1.63. The molecule has 0 aliphatic carbocycles. The van der Waals surface area contributed by atoms with Crippen molar-refractivity contribution >= 4 is 5.82 Å². The van der Waals surface area contributed by atoms with Gasteiger partial charge in [-0.15, -0.1) is 0 Å². The lowest BCUT2D eigenvalue weighted by atomic mass is 10.1. The standard InChI is InChI=1S/C15H28N4/c1-6-14(7-2)19(11-12(3)4)15-10-17-9-13(18-15)8-16-5/h9-10,12,14,16H,6-8,11H2,1-5H3. The molecule has 1 aromatic rings. The van der Waals surface area contributed by atoms with Crippen LogP contribution in [0, 0.1) is 5.92 Å². The van der Waals surface area contributed by atoms with E-state index >= 15 is 0 Å². The van der Waals surface area contributed by atoms with E-state index in [-0.39, 0.29) is 0 Å². The summed E-state index contributed by atoms with van der Waals surface area (Å²) in [4.78, 5) is 11.5. The van der Waals surface area contributed by atoms with Crippen LogP contribution in [0.5, 0.6) is 0 Å². The topological polar surface area (TPSA) is 41.1 Å². The normalized spacial score (nSPS) is 11.3. The van der Waals surface area contributed by atoms with Gasteiger partial charge < -0.3 is 10.2 Å². The van der Waals surface area contributed by atoms with Crippen molar-refractivity contribution in [3.05, 3.63) is 18.1 Å². The molecule has 0 aliphatic heterocycles. The lowest BCUT2D eigenvalue weighted by Gasteiger charge is -2.33. The largest absolute Gasteiger partial charge is 0.352 e. The van der Waals surface area contributed by atoms with Crippen molar-refractivity contribution < 1.29 is 0 Å². The van der Waals surface area contributed by atoms with Gasteiger partial charge in [-0.1, -0.05) is 27.7 Å². The molecule has 1 rings (SSSR count). The van der Waals surface area contributed by atoms with E-state index < -0.39 is 0 Å². The summed E-state index contributed by atoms with van der Waals surface area (Å²) >= 11 is 0. The monoisotopic (exact) mass is 264 g/mol. The molecule has 108 valence electrons. The number of hydrogen-bond acceptors (Lipinski definition) is 4. The van der Waals surface area contributed by atoms with Gasteiger partial charge in [0.1, 0.15) is 5.82 Å². The van der Waals surface area contributed by atoms with E-state index in [1.165, 1.54) is 0 Å². The van der Waals surface area contributed by atoms with Gasteiger partial charge >= 0.3 is 0 Å². The number of nitrogens with zero attached hydrogens (tertiary/aromatic N) is 3. The van der Waals surface area contributed by atoms with Crippen LogP contribution in [0.25, 0.3) is 0 Å². The number of aromatic nitrogens is 2. The molecule has 0 aromatic carbocycles. The molecule has 0 fully saturated rings.